The molecule has 4 unspecified atom stereocenters. The van der Waals surface area contributed by atoms with Gasteiger partial charge in [0.1, 0.15) is 35.4 Å². The number of phenolic OH excluding ortho intramolecular Hbond substituents is 3. The van der Waals surface area contributed by atoms with E-state index in [4.69, 9.17) is 11.5 Å². The second-order valence-electron chi connectivity index (χ2n) is 11.0. The minimum Gasteiger partial charge on any atom is -0.508 e. The Morgan fingerprint density at radius 2 is 0.913 bits per heavy atom. The first-order valence-electron chi connectivity index (χ1n) is 14.9. The van der Waals surface area contributed by atoms with Crippen LogP contribution in [0.4, 0.5) is 0 Å². The van der Waals surface area contributed by atoms with Gasteiger partial charge in [-0.25, -0.2) is 4.79 Å². The van der Waals surface area contributed by atoms with Gasteiger partial charge in [0.05, 0.1) is 6.04 Å². The van der Waals surface area contributed by atoms with Gasteiger partial charge in [0.2, 0.25) is 17.7 Å². The van der Waals surface area contributed by atoms with Gasteiger partial charge in [-0.1, -0.05) is 42.8 Å². The summed E-state index contributed by atoms with van der Waals surface area (Å²) in [5, 5.41) is 46.6. The van der Waals surface area contributed by atoms with Gasteiger partial charge in [-0.05, 0) is 72.5 Å². The number of aromatic hydroxyl groups is 3. The van der Waals surface area contributed by atoms with E-state index < -0.39 is 47.9 Å². The Balaban J connectivity index is 1.85. The van der Waals surface area contributed by atoms with Crippen molar-refractivity contribution in [1.82, 2.24) is 16.0 Å². The molecule has 0 spiro atoms. The number of carboxylic acids is 1. The Morgan fingerprint density at radius 1 is 0.565 bits per heavy atom. The van der Waals surface area contributed by atoms with E-state index >= 15 is 0 Å². The normalized spacial score (nSPS) is 13.5. The molecule has 4 atom stereocenters. The van der Waals surface area contributed by atoms with Crippen molar-refractivity contribution in [3.05, 3.63) is 89.5 Å². The molecular formula is C33H41N5O8. The van der Waals surface area contributed by atoms with Crippen molar-refractivity contribution >= 4 is 23.7 Å². The van der Waals surface area contributed by atoms with Crippen molar-refractivity contribution in [3.63, 3.8) is 0 Å². The summed E-state index contributed by atoms with van der Waals surface area (Å²) in [5.74, 6) is -3.38. The van der Waals surface area contributed by atoms with Crippen molar-refractivity contribution in [2.75, 3.05) is 6.54 Å². The van der Waals surface area contributed by atoms with Crippen molar-refractivity contribution in [2.24, 2.45) is 11.5 Å². The lowest BCUT2D eigenvalue weighted by atomic mass is 10.0. The van der Waals surface area contributed by atoms with Crippen molar-refractivity contribution < 1.29 is 39.6 Å². The molecule has 0 bridgehead atoms. The van der Waals surface area contributed by atoms with Crippen LogP contribution >= 0.6 is 0 Å². The molecule has 11 N–H and O–H groups in total. The number of nitrogens with one attached hydrogen (secondary N) is 3. The van der Waals surface area contributed by atoms with E-state index in [0.717, 1.165) is 0 Å². The Morgan fingerprint density at radius 3 is 1.28 bits per heavy atom. The van der Waals surface area contributed by atoms with Gasteiger partial charge in [-0.3, -0.25) is 14.4 Å². The van der Waals surface area contributed by atoms with Crippen LogP contribution in [0.2, 0.25) is 0 Å². The lowest BCUT2D eigenvalue weighted by Gasteiger charge is -2.25. The van der Waals surface area contributed by atoms with Crippen LogP contribution in [0.5, 0.6) is 17.2 Å². The first-order chi connectivity index (χ1) is 21.9. The van der Waals surface area contributed by atoms with Gasteiger partial charge in [-0.2, -0.15) is 0 Å². The number of nitrogens with two attached hydrogens (primary N) is 2. The number of rotatable bonds is 17. The van der Waals surface area contributed by atoms with Crippen molar-refractivity contribution in [2.45, 2.75) is 62.7 Å². The molecule has 0 heterocycles. The zero-order chi connectivity index (χ0) is 33.6. The fourth-order valence-corrected chi connectivity index (χ4v) is 4.68. The molecule has 46 heavy (non-hydrogen) atoms. The Kier molecular flexibility index (Phi) is 13.3. The molecule has 13 heteroatoms. The number of carbonyl (C=O) groups excluding carboxylic acids is 3. The molecule has 0 aromatic heterocycles. The van der Waals surface area contributed by atoms with Crippen LogP contribution in [-0.4, -0.2) is 74.8 Å². The number of carbonyl (C=O) groups is 4. The van der Waals surface area contributed by atoms with Crippen molar-refractivity contribution in [1.29, 1.82) is 0 Å². The van der Waals surface area contributed by atoms with Crippen LogP contribution in [0.15, 0.2) is 72.8 Å². The highest BCUT2D eigenvalue weighted by Crippen LogP contribution is 2.15. The van der Waals surface area contributed by atoms with E-state index in [1.54, 1.807) is 24.3 Å². The van der Waals surface area contributed by atoms with E-state index in [-0.39, 0.29) is 36.5 Å². The van der Waals surface area contributed by atoms with Gasteiger partial charge in [0, 0.05) is 19.3 Å². The fourth-order valence-electron chi connectivity index (χ4n) is 4.68. The van der Waals surface area contributed by atoms with Crippen molar-refractivity contribution in [3.8, 4) is 17.2 Å². The standard InChI is InChI=1S/C33H41N5O8/c34-16-2-1-3-26(35)30(42)36-27(17-20-4-10-23(39)11-5-20)31(43)37-28(18-21-6-12-24(40)13-7-21)32(44)38-29(33(45)46)19-22-8-14-25(41)15-9-22/h4-15,26-29,39-41H,1-3,16-19,34-35H2,(H,36,42)(H,37,43)(H,38,44)(H,45,46). The monoisotopic (exact) mass is 635 g/mol. The first-order valence-corrected chi connectivity index (χ1v) is 14.9. The summed E-state index contributed by atoms with van der Waals surface area (Å²) in [4.78, 5) is 52.4. The van der Waals surface area contributed by atoms with Crippen LogP contribution in [0.1, 0.15) is 36.0 Å². The molecule has 3 aromatic carbocycles. The van der Waals surface area contributed by atoms with Gasteiger partial charge in [0.15, 0.2) is 0 Å². The molecule has 13 nitrogen and oxygen atoms in total. The highest BCUT2D eigenvalue weighted by molar-refractivity contribution is 5.94. The van der Waals surface area contributed by atoms with Crippen LogP contribution in [0, 0.1) is 0 Å². The predicted octanol–water partition coefficient (Wildman–Crippen LogP) is 0.827. The number of carboxylic acid groups (broad SMARTS) is 1. The number of unbranched alkanes of at least 4 members (excludes halogenated alkanes) is 1. The summed E-state index contributed by atoms with van der Waals surface area (Å²) in [6.45, 7) is 0.447. The zero-order valence-corrected chi connectivity index (χ0v) is 25.3. The third-order valence-electron chi connectivity index (χ3n) is 7.32. The van der Waals surface area contributed by atoms with Gasteiger partial charge < -0.3 is 47.8 Å². The van der Waals surface area contributed by atoms with E-state index in [9.17, 15) is 39.6 Å². The predicted molar refractivity (Wildman–Crippen MR) is 170 cm³/mol. The first kappa shape index (κ1) is 35.3. The number of benzene rings is 3. The molecule has 0 saturated carbocycles. The number of hydrogen-bond acceptors (Lipinski definition) is 9. The molecule has 0 aliphatic carbocycles. The average Bonchev–Trinajstić information content (AvgIpc) is 3.03. The summed E-state index contributed by atoms with van der Waals surface area (Å²) in [6, 6.07) is 13.1. The second kappa shape index (κ2) is 17.4. The molecule has 3 aromatic rings. The Bertz CT molecular complexity index is 1450. The smallest absolute Gasteiger partial charge is 0.326 e. The summed E-state index contributed by atoms with van der Waals surface area (Å²) < 4.78 is 0. The topological polar surface area (TPSA) is 237 Å². The molecule has 0 radical (unpaired) electrons. The van der Waals surface area contributed by atoms with E-state index in [1.165, 1.54) is 48.5 Å². The molecule has 246 valence electrons. The maximum absolute atomic E-state index is 13.7. The summed E-state index contributed by atoms with van der Waals surface area (Å²) in [7, 11) is 0. The fraction of sp³-hybridized carbons (Fsp3) is 0.333. The molecule has 0 aliphatic rings. The highest BCUT2D eigenvalue weighted by Gasteiger charge is 2.31. The minimum atomic E-state index is -1.37. The maximum Gasteiger partial charge on any atom is 0.326 e. The third kappa shape index (κ3) is 11.4. The molecule has 0 fully saturated rings. The number of phenols is 3. The van der Waals surface area contributed by atoms with E-state index in [1.807, 2.05) is 0 Å². The highest BCUT2D eigenvalue weighted by atomic mass is 16.4. The van der Waals surface area contributed by atoms with E-state index in [2.05, 4.69) is 16.0 Å². The maximum atomic E-state index is 13.7. The minimum absolute atomic E-state index is 0.000471. The number of hydrogen-bond donors (Lipinski definition) is 9. The lowest BCUT2D eigenvalue weighted by molar-refractivity contribution is -0.142. The third-order valence-corrected chi connectivity index (χ3v) is 7.32. The summed E-state index contributed by atoms with van der Waals surface area (Å²) in [5.41, 5.74) is 13.3. The van der Waals surface area contributed by atoms with Gasteiger partial charge in [0.25, 0.3) is 0 Å². The van der Waals surface area contributed by atoms with Crippen LogP contribution in [0.25, 0.3) is 0 Å². The number of amides is 3. The second-order valence-corrected chi connectivity index (χ2v) is 11.0. The molecular weight excluding hydrogens is 594 g/mol. The van der Waals surface area contributed by atoms with Crippen LogP contribution < -0.4 is 27.4 Å². The number of aliphatic carboxylic acids is 1. The average molecular weight is 636 g/mol. The largest absolute Gasteiger partial charge is 0.508 e. The molecule has 3 amide bonds. The summed E-state index contributed by atoms with van der Waals surface area (Å²) in [6.07, 6.45) is 1.48. The Hall–Kier alpha value is -5.14. The zero-order valence-electron chi connectivity index (χ0n) is 25.3. The van der Waals surface area contributed by atoms with Crippen LogP contribution in [0.3, 0.4) is 0 Å². The van der Waals surface area contributed by atoms with Gasteiger partial charge in [-0.15, -0.1) is 0 Å². The lowest BCUT2D eigenvalue weighted by Crippen LogP contribution is -2.58. The van der Waals surface area contributed by atoms with Crippen LogP contribution in [-0.2, 0) is 38.4 Å². The Labute approximate surface area is 266 Å². The summed E-state index contributed by atoms with van der Waals surface area (Å²) >= 11 is 0. The van der Waals surface area contributed by atoms with E-state index in [0.29, 0.717) is 42.5 Å². The van der Waals surface area contributed by atoms with Gasteiger partial charge >= 0.3 is 5.97 Å². The molecule has 0 saturated heterocycles. The molecule has 0 aliphatic heterocycles. The SMILES string of the molecule is NCCCCC(N)C(=O)NC(Cc1ccc(O)cc1)C(=O)NC(Cc1ccc(O)cc1)C(=O)NC(Cc1ccc(O)cc1)C(=O)O. The molecule has 3 rings (SSSR count). The quantitative estimate of drug-likeness (QED) is 0.0947.